The minimum absolute atomic E-state index is 0.0408. The normalized spacial score (nSPS) is 10.8. The van der Waals surface area contributed by atoms with E-state index in [1.807, 2.05) is 37.3 Å². The molecule has 1 N–H and O–H groups in total. The summed E-state index contributed by atoms with van der Waals surface area (Å²) in [5.41, 5.74) is 3.41. The van der Waals surface area contributed by atoms with Crippen molar-refractivity contribution in [2.24, 2.45) is 0 Å². The second kappa shape index (κ2) is 10.3. The zero-order chi connectivity index (χ0) is 22.2. The second-order valence-corrected chi connectivity index (χ2v) is 7.22. The summed E-state index contributed by atoms with van der Waals surface area (Å²) in [6, 6.07) is 22.1. The van der Waals surface area contributed by atoms with Crippen LogP contribution in [0.15, 0.2) is 72.3 Å². The van der Waals surface area contributed by atoms with Gasteiger partial charge in [0.2, 0.25) is 0 Å². The second-order valence-electron chi connectivity index (χ2n) is 6.82. The summed E-state index contributed by atoms with van der Waals surface area (Å²) in [6.45, 7) is 2.49. The van der Waals surface area contributed by atoms with E-state index in [4.69, 9.17) is 21.1 Å². The molecule has 0 saturated carbocycles. The van der Waals surface area contributed by atoms with Crippen LogP contribution in [0.4, 0.5) is 5.69 Å². The number of benzene rings is 3. The fourth-order valence-electron chi connectivity index (χ4n) is 2.77. The van der Waals surface area contributed by atoms with Crippen LogP contribution in [-0.4, -0.2) is 13.0 Å². The van der Waals surface area contributed by atoms with Gasteiger partial charge in [-0.05, 0) is 60.5 Å². The zero-order valence-electron chi connectivity index (χ0n) is 17.2. The van der Waals surface area contributed by atoms with Crippen LogP contribution in [0.2, 0.25) is 5.02 Å². The fourth-order valence-corrected chi connectivity index (χ4v) is 3.04. The van der Waals surface area contributed by atoms with E-state index in [0.29, 0.717) is 34.4 Å². The molecule has 0 heterocycles. The smallest absolute Gasteiger partial charge is 0.266 e. The SMILES string of the molecule is COc1ccc(/C=C(\C#N)C(=O)Nc2ccc(OCc3ccc(C)cc3)cc2)cc1Cl. The molecular formula is C25H21ClN2O3. The molecule has 6 heteroatoms. The summed E-state index contributed by atoms with van der Waals surface area (Å²) < 4.78 is 10.9. The lowest BCUT2D eigenvalue weighted by Gasteiger charge is -2.09. The average molecular weight is 433 g/mol. The standard InChI is InChI=1S/C25H21ClN2O3/c1-17-3-5-18(6-4-17)16-31-22-10-8-21(9-11-22)28-25(29)20(15-27)13-19-7-12-24(30-2)23(26)14-19/h3-14H,16H2,1-2H3,(H,28,29)/b20-13+. The van der Waals surface area contributed by atoms with Gasteiger partial charge >= 0.3 is 0 Å². The van der Waals surface area contributed by atoms with Crippen LogP contribution in [0.1, 0.15) is 16.7 Å². The monoisotopic (exact) mass is 432 g/mol. The van der Waals surface area contributed by atoms with Crippen molar-refractivity contribution < 1.29 is 14.3 Å². The van der Waals surface area contributed by atoms with Crippen LogP contribution >= 0.6 is 11.6 Å². The van der Waals surface area contributed by atoms with Gasteiger partial charge in [-0.1, -0.05) is 47.5 Å². The van der Waals surface area contributed by atoms with E-state index in [1.54, 1.807) is 42.5 Å². The number of hydrogen-bond donors (Lipinski definition) is 1. The summed E-state index contributed by atoms with van der Waals surface area (Å²) in [6.07, 6.45) is 1.47. The quantitative estimate of drug-likeness (QED) is 0.379. The summed E-state index contributed by atoms with van der Waals surface area (Å²) in [5, 5.41) is 12.5. The maximum Gasteiger partial charge on any atom is 0.266 e. The molecule has 5 nitrogen and oxygen atoms in total. The van der Waals surface area contributed by atoms with Gasteiger partial charge < -0.3 is 14.8 Å². The topological polar surface area (TPSA) is 71.3 Å². The van der Waals surface area contributed by atoms with E-state index >= 15 is 0 Å². The molecule has 1 amide bonds. The molecule has 0 fully saturated rings. The lowest BCUT2D eigenvalue weighted by molar-refractivity contribution is -0.112. The third-order valence-corrected chi connectivity index (χ3v) is 4.79. The van der Waals surface area contributed by atoms with Crippen LogP contribution in [0, 0.1) is 18.3 Å². The molecule has 31 heavy (non-hydrogen) atoms. The first-order chi connectivity index (χ1) is 15.0. The van der Waals surface area contributed by atoms with Crippen molar-refractivity contribution in [1.29, 1.82) is 5.26 Å². The van der Waals surface area contributed by atoms with Crippen molar-refractivity contribution >= 4 is 29.3 Å². The van der Waals surface area contributed by atoms with Gasteiger partial charge in [0.25, 0.3) is 5.91 Å². The average Bonchev–Trinajstić information content (AvgIpc) is 2.78. The largest absolute Gasteiger partial charge is 0.495 e. The summed E-state index contributed by atoms with van der Waals surface area (Å²) >= 11 is 6.10. The maximum absolute atomic E-state index is 12.5. The Kier molecular flexibility index (Phi) is 7.31. The molecule has 3 aromatic carbocycles. The molecule has 0 saturated heterocycles. The lowest BCUT2D eigenvalue weighted by atomic mass is 10.1. The fraction of sp³-hybridized carbons (Fsp3) is 0.120. The molecule has 0 radical (unpaired) electrons. The third kappa shape index (κ3) is 6.11. The van der Waals surface area contributed by atoms with Crippen molar-refractivity contribution in [3.63, 3.8) is 0 Å². The zero-order valence-corrected chi connectivity index (χ0v) is 17.9. The van der Waals surface area contributed by atoms with Crippen LogP contribution < -0.4 is 14.8 Å². The van der Waals surface area contributed by atoms with Gasteiger partial charge in [-0.25, -0.2) is 0 Å². The van der Waals surface area contributed by atoms with E-state index in [-0.39, 0.29) is 5.57 Å². The van der Waals surface area contributed by atoms with Crippen molar-refractivity contribution in [3.8, 4) is 17.6 Å². The minimum atomic E-state index is -0.511. The Balaban J connectivity index is 1.62. The van der Waals surface area contributed by atoms with E-state index < -0.39 is 5.91 Å². The Morgan fingerprint density at radius 2 is 1.81 bits per heavy atom. The Morgan fingerprint density at radius 1 is 1.10 bits per heavy atom. The number of nitriles is 1. The van der Waals surface area contributed by atoms with Gasteiger partial charge in [0, 0.05) is 5.69 Å². The first-order valence-electron chi connectivity index (χ1n) is 9.53. The summed E-state index contributed by atoms with van der Waals surface area (Å²) in [5.74, 6) is 0.691. The number of carbonyl (C=O) groups excluding carboxylic acids is 1. The van der Waals surface area contributed by atoms with Gasteiger partial charge in [0.05, 0.1) is 12.1 Å². The number of amides is 1. The van der Waals surface area contributed by atoms with Crippen LogP contribution in [0.5, 0.6) is 11.5 Å². The molecule has 3 rings (SSSR count). The molecule has 0 unspecified atom stereocenters. The number of hydrogen-bond acceptors (Lipinski definition) is 4. The van der Waals surface area contributed by atoms with Gasteiger partial charge in [-0.2, -0.15) is 5.26 Å². The lowest BCUT2D eigenvalue weighted by Crippen LogP contribution is -2.13. The number of nitrogens with zero attached hydrogens (tertiary/aromatic N) is 1. The first kappa shape index (κ1) is 21.9. The van der Waals surface area contributed by atoms with Gasteiger partial charge in [0.15, 0.2) is 0 Å². The van der Waals surface area contributed by atoms with Crippen molar-refractivity contribution in [3.05, 3.63) is 94.0 Å². The van der Waals surface area contributed by atoms with Crippen molar-refractivity contribution in [2.45, 2.75) is 13.5 Å². The highest BCUT2D eigenvalue weighted by molar-refractivity contribution is 6.32. The molecule has 0 aliphatic rings. The van der Waals surface area contributed by atoms with Crippen LogP contribution in [-0.2, 0) is 11.4 Å². The Bertz CT molecular complexity index is 1130. The first-order valence-corrected chi connectivity index (χ1v) is 9.91. The molecule has 0 aliphatic carbocycles. The number of anilines is 1. The molecule has 3 aromatic rings. The van der Waals surface area contributed by atoms with Gasteiger partial charge in [-0.3, -0.25) is 4.79 Å². The Hall–Kier alpha value is -3.75. The highest BCUT2D eigenvalue weighted by atomic mass is 35.5. The molecule has 0 atom stereocenters. The van der Waals surface area contributed by atoms with Crippen molar-refractivity contribution in [2.75, 3.05) is 12.4 Å². The van der Waals surface area contributed by atoms with Gasteiger partial charge in [-0.15, -0.1) is 0 Å². The van der Waals surface area contributed by atoms with E-state index in [0.717, 1.165) is 5.56 Å². The van der Waals surface area contributed by atoms with E-state index in [2.05, 4.69) is 5.32 Å². The predicted molar refractivity (Wildman–Crippen MR) is 122 cm³/mol. The van der Waals surface area contributed by atoms with Crippen LogP contribution in [0.3, 0.4) is 0 Å². The molecule has 156 valence electrons. The molecular weight excluding hydrogens is 412 g/mol. The third-order valence-electron chi connectivity index (χ3n) is 4.49. The van der Waals surface area contributed by atoms with Crippen molar-refractivity contribution in [1.82, 2.24) is 0 Å². The molecule has 0 aromatic heterocycles. The van der Waals surface area contributed by atoms with E-state index in [1.165, 1.54) is 18.7 Å². The number of methoxy groups -OCH3 is 1. The summed E-state index contributed by atoms with van der Waals surface area (Å²) in [4.78, 5) is 12.5. The number of nitrogens with one attached hydrogen (secondary N) is 1. The number of halogens is 1. The molecule has 0 spiro atoms. The van der Waals surface area contributed by atoms with E-state index in [9.17, 15) is 10.1 Å². The predicted octanol–water partition coefficient (Wildman–Crippen LogP) is 5.78. The Labute approximate surface area is 186 Å². The molecule has 0 bridgehead atoms. The highest BCUT2D eigenvalue weighted by Crippen LogP contribution is 2.26. The van der Waals surface area contributed by atoms with Crippen LogP contribution in [0.25, 0.3) is 6.08 Å². The molecule has 0 aliphatic heterocycles. The minimum Gasteiger partial charge on any atom is -0.495 e. The number of rotatable bonds is 7. The highest BCUT2D eigenvalue weighted by Gasteiger charge is 2.10. The maximum atomic E-state index is 12.5. The van der Waals surface area contributed by atoms with Gasteiger partial charge in [0.1, 0.15) is 29.7 Å². The number of carbonyl (C=O) groups is 1. The Morgan fingerprint density at radius 3 is 2.42 bits per heavy atom. The number of ether oxygens (including phenoxy) is 2. The number of aryl methyl sites for hydroxylation is 1. The summed E-state index contributed by atoms with van der Waals surface area (Å²) in [7, 11) is 1.52.